The molecule has 1 amide bonds. The van der Waals surface area contributed by atoms with Crippen molar-refractivity contribution in [3.63, 3.8) is 0 Å². The largest absolute Gasteiger partial charge is 0.493 e. The van der Waals surface area contributed by atoms with Crippen molar-refractivity contribution >= 4 is 5.91 Å². The molecule has 0 spiro atoms. The predicted octanol–water partition coefficient (Wildman–Crippen LogP) is 3.06. The van der Waals surface area contributed by atoms with Gasteiger partial charge < -0.3 is 14.4 Å². The van der Waals surface area contributed by atoms with Gasteiger partial charge in [-0.05, 0) is 60.0 Å². The van der Waals surface area contributed by atoms with Gasteiger partial charge in [-0.2, -0.15) is 0 Å². The topological polar surface area (TPSA) is 82.4 Å². The van der Waals surface area contributed by atoms with Crippen LogP contribution in [0.1, 0.15) is 53.2 Å². The SMILES string of the molecule is COc1ccc(CCN2C(=O)c3ccccc3C2c2nnnn2C(C)C)cc1OC. The Balaban J connectivity index is 1.66. The van der Waals surface area contributed by atoms with E-state index in [9.17, 15) is 4.79 Å². The molecule has 2 aromatic carbocycles. The summed E-state index contributed by atoms with van der Waals surface area (Å²) in [6.45, 7) is 4.58. The molecule has 1 aliphatic rings. The number of carbonyl (C=O) groups is 1. The molecule has 0 aliphatic carbocycles. The van der Waals surface area contributed by atoms with Crippen LogP contribution in [0, 0.1) is 0 Å². The Labute approximate surface area is 175 Å². The number of methoxy groups -OCH3 is 2. The molecule has 1 atom stereocenters. The van der Waals surface area contributed by atoms with Gasteiger partial charge in [0.05, 0.1) is 20.3 Å². The van der Waals surface area contributed by atoms with Gasteiger partial charge in [-0.3, -0.25) is 4.79 Å². The molecule has 1 unspecified atom stereocenters. The zero-order chi connectivity index (χ0) is 21.3. The van der Waals surface area contributed by atoms with Crippen LogP contribution in [0.15, 0.2) is 42.5 Å². The molecule has 0 fully saturated rings. The zero-order valence-electron chi connectivity index (χ0n) is 17.6. The number of benzene rings is 2. The molecule has 1 aromatic heterocycles. The van der Waals surface area contributed by atoms with Gasteiger partial charge in [0.15, 0.2) is 17.3 Å². The minimum absolute atomic E-state index is 0.00520. The Hall–Kier alpha value is -3.42. The van der Waals surface area contributed by atoms with Crippen molar-refractivity contribution in [3.8, 4) is 11.5 Å². The molecule has 0 bridgehead atoms. The number of ether oxygens (including phenoxy) is 2. The van der Waals surface area contributed by atoms with Crippen molar-refractivity contribution in [2.24, 2.45) is 0 Å². The maximum atomic E-state index is 13.2. The Kier molecular flexibility index (Phi) is 5.39. The van der Waals surface area contributed by atoms with Crippen LogP contribution in [0.3, 0.4) is 0 Å². The summed E-state index contributed by atoms with van der Waals surface area (Å²) in [5.41, 5.74) is 2.69. The number of tetrazole rings is 1. The van der Waals surface area contributed by atoms with E-state index in [1.165, 1.54) is 0 Å². The first kappa shape index (κ1) is 19.9. The summed E-state index contributed by atoms with van der Waals surface area (Å²) >= 11 is 0. The lowest BCUT2D eigenvalue weighted by atomic mass is 10.0. The summed E-state index contributed by atoms with van der Waals surface area (Å²) in [5, 5.41) is 12.3. The van der Waals surface area contributed by atoms with Gasteiger partial charge in [0, 0.05) is 12.1 Å². The van der Waals surface area contributed by atoms with E-state index < -0.39 is 0 Å². The molecule has 3 aromatic rings. The highest BCUT2D eigenvalue weighted by Gasteiger charge is 2.40. The third-order valence-corrected chi connectivity index (χ3v) is 5.40. The summed E-state index contributed by atoms with van der Waals surface area (Å²) in [6, 6.07) is 13.3. The number of hydrogen-bond acceptors (Lipinski definition) is 6. The van der Waals surface area contributed by atoms with Gasteiger partial charge in [0.1, 0.15) is 6.04 Å². The average Bonchev–Trinajstić information content (AvgIpc) is 3.35. The third-order valence-electron chi connectivity index (χ3n) is 5.40. The summed E-state index contributed by atoms with van der Waals surface area (Å²) < 4.78 is 12.5. The Bertz CT molecular complexity index is 1060. The van der Waals surface area contributed by atoms with E-state index >= 15 is 0 Å². The molecule has 8 heteroatoms. The Morgan fingerprint density at radius 3 is 2.57 bits per heavy atom. The van der Waals surface area contributed by atoms with Crippen molar-refractivity contribution in [2.75, 3.05) is 20.8 Å². The fraction of sp³-hybridized carbons (Fsp3) is 0.364. The maximum absolute atomic E-state index is 13.2. The molecule has 4 rings (SSSR count). The minimum Gasteiger partial charge on any atom is -0.493 e. The van der Waals surface area contributed by atoms with Crippen LogP contribution in [-0.2, 0) is 6.42 Å². The van der Waals surface area contributed by atoms with E-state index in [0.29, 0.717) is 35.9 Å². The van der Waals surface area contributed by atoms with Gasteiger partial charge in [0.25, 0.3) is 5.91 Å². The molecular weight excluding hydrogens is 382 g/mol. The summed E-state index contributed by atoms with van der Waals surface area (Å²) in [4.78, 5) is 15.1. The second-order valence-electron chi connectivity index (χ2n) is 7.50. The van der Waals surface area contributed by atoms with Crippen LogP contribution in [0.25, 0.3) is 0 Å². The van der Waals surface area contributed by atoms with Crippen molar-refractivity contribution in [1.82, 2.24) is 25.1 Å². The fourth-order valence-corrected chi connectivity index (χ4v) is 3.91. The second-order valence-corrected chi connectivity index (χ2v) is 7.50. The van der Waals surface area contributed by atoms with Crippen LogP contribution in [-0.4, -0.2) is 51.8 Å². The lowest BCUT2D eigenvalue weighted by Crippen LogP contribution is -2.32. The Morgan fingerprint density at radius 1 is 1.07 bits per heavy atom. The van der Waals surface area contributed by atoms with Crippen LogP contribution in [0.2, 0.25) is 0 Å². The predicted molar refractivity (Wildman–Crippen MR) is 111 cm³/mol. The Morgan fingerprint density at radius 2 is 1.83 bits per heavy atom. The van der Waals surface area contributed by atoms with Gasteiger partial charge in [-0.25, -0.2) is 4.68 Å². The summed E-state index contributed by atoms with van der Waals surface area (Å²) in [6.07, 6.45) is 0.666. The molecule has 0 N–H and O–H groups in total. The molecule has 30 heavy (non-hydrogen) atoms. The van der Waals surface area contributed by atoms with Crippen molar-refractivity contribution < 1.29 is 14.3 Å². The highest BCUT2D eigenvalue weighted by Crippen LogP contribution is 2.38. The molecule has 0 saturated carbocycles. The molecule has 1 aliphatic heterocycles. The van der Waals surface area contributed by atoms with Crippen molar-refractivity contribution in [1.29, 1.82) is 0 Å². The standard InChI is InChI=1S/C22H25N5O3/c1-14(2)27-21(23-24-25-27)20-16-7-5-6-8-17(16)22(28)26(20)12-11-15-9-10-18(29-3)19(13-15)30-4/h5-10,13-14,20H,11-12H2,1-4H3. The van der Waals surface area contributed by atoms with E-state index in [1.807, 2.05) is 61.2 Å². The summed E-state index contributed by atoms with van der Waals surface area (Å²) in [7, 11) is 3.23. The van der Waals surface area contributed by atoms with Crippen LogP contribution >= 0.6 is 0 Å². The van der Waals surface area contributed by atoms with E-state index in [2.05, 4.69) is 15.5 Å². The number of aromatic nitrogens is 4. The fourth-order valence-electron chi connectivity index (χ4n) is 3.91. The quantitative estimate of drug-likeness (QED) is 0.599. The molecule has 156 valence electrons. The normalized spacial score (nSPS) is 15.6. The van der Waals surface area contributed by atoms with Gasteiger partial charge in [0.2, 0.25) is 0 Å². The van der Waals surface area contributed by atoms with Gasteiger partial charge >= 0.3 is 0 Å². The highest BCUT2D eigenvalue weighted by molar-refractivity contribution is 5.99. The minimum atomic E-state index is -0.314. The van der Waals surface area contributed by atoms with Crippen LogP contribution < -0.4 is 9.47 Å². The number of nitrogens with zero attached hydrogens (tertiary/aromatic N) is 5. The first-order chi connectivity index (χ1) is 14.5. The number of hydrogen-bond donors (Lipinski definition) is 0. The van der Waals surface area contributed by atoms with E-state index in [-0.39, 0.29) is 18.0 Å². The van der Waals surface area contributed by atoms with Gasteiger partial charge in [-0.1, -0.05) is 24.3 Å². The summed E-state index contributed by atoms with van der Waals surface area (Å²) in [5.74, 6) is 2.02. The number of fused-ring (bicyclic) bond motifs is 1. The number of carbonyl (C=O) groups excluding carboxylic acids is 1. The molecule has 0 radical (unpaired) electrons. The first-order valence-corrected chi connectivity index (χ1v) is 9.93. The van der Waals surface area contributed by atoms with E-state index in [1.54, 1.807) is 18.9 Å². The van der Waals surface area contributed by atoms with Crippen molar-refractivity contribution in [3.05, 3.63) is 65.0 Å². The molecular formula is C22H25N5O3. The number of rotatable bonds is 7. The third kappa shape index (κ3) is 3.38. The van der Waals surface area contributed by atoms with E-state index in [0.717, 1.165) is 11.1 Å². The second kappa shape index (κ2) is 8.14. The average molecular weight is 407 g/mol. The van der Waals surface area contributed by atoms with Crippen molar-refractivity contribution in [2.45, 2.75) is 32.4 Å². The smallest absolute Gasteiger partial charge is 0.255 e. The molecule has 0 saturated heterocycles. The highest BCUT2D eigenvalue weighted by atomic mass is 16.5. The molecule has 2 heterocycles. The first-order valence-electron chi connectivity index (χ1n) is 9.93. The molecule has 8 nitrogen and oxygen atoms in total. The van der Waals surface area contributed by atoms with E-state index in [4.69, 9.17) is 9.47 Å². The zero-order valence-corrected chi connectivity index (χ0v) is 17.6. The monoisotopic (exact) mass is 407 g/mol. The lowest BCUT2D eigenvalue weighted by Gasteiger charge is -2.25. The maximum Gasteiger partial charge on any atom is 0.255 e. The van der Waals surface area contributed by atoms with Crippen LogP contribution in [0.5, 0.6) is 11.5 Å². The lowest BCUT2D eigenvalue weighted by molar-refractivity contribution is 0.0743. The van der Waals surface area contributed by atoms with Gasteiger partial charge in [-0.15, -0.1) is 5.10 Å². The van der Waals surface area contributed by atoms with Crippen LogP contribution in [0.4, 0.5) is 0 Å². The number of amides is 1.